The Balaban J connectivity index is 1.15. The number of fused-ring (bicyclic) bond motifs is 6. The van der Waals surface area contributed by atoms with Gasteiger partial charge in [-0.2, -0.15) is 0 Å². The smallest absolute Gasteiger partial charge is 0.0478 e. The van der Waals surface area contributed by atoms with Crippen LogP contribution in [-0.2, 0) is 31.1 Å². The Labute approximate surface area is 322 Å². The van der Waals surface area contributed by atoms with E-state index >= 15 is 0 Å². The molecule has 0 bridgehead atoms. The second-order valence-electron chi connectivity index (χ2n) is 15.3. The van der Waals surface area contributed by atoms with E-state index < -0.39 is 0 Å². The Morgan fingerprint density at radius 3 is 1.73 bits per heavy atom. The van der Waals surface area contributed by atoms with Crippen molar-refractivity contribution >= 4 is 45.3 Å². The molecule has 2 unspecified atom stereocenters. The number of benzene rings is 2. The average molecular weight is 745 g/mol. The molecule has 264 valence electrons. The van der Waals surface area contributed by atoms with Crippen LogP contribution in [0.25, 0.3) is 40.4 Å². The van der Waals surface area contributed by atoms with E-state index in [1.54, 1.807) is 33.4 Å². The molecule has 2 atom stereocenters. The summed E-state index contributed by atoms with van der Waals surface area (Å²) in [7, 11) is 0. The topological polar surface area (TPSA) is 0 Å². The van der Waals surface area contributed by atoms with E-state index in [9.17, 15) is 0 Å². The highest BCUT2D eigenvalue weighted by Gasteiger charge is 2.48. The predicted molar refractivity (Wildman–Crippen MR) is 228 cm³/mol. The average Bonchev–Trinajstić information content (AvgIpc) is 4.00. The molecule has 0 radical (unpaired) electrons. The summed E-state index contributed by atoms with van der Waals surface area (Å²) in [4.78, 5) is 8.45. The van der Waals surface area contributed by atoms with E-state index in [-0.39, 0.29) is 5.41 Å². The van der Waals surface area contributed by atoms with Gasteiger partial charge in [0.2, 0.25) is 0 Å². The third-order valence-corrected chi connectivity index (χ3v) is 16.7. The molecule has 2 aromatic carbocycles. The van der Waals surface area contributed by atoms with Crippen LogP contribution in [0, 0.1) is 11.8 Å². The minimum atomic E-state index is 0.0315. The standard InChI is InChI=1S/C47H52S4/c1-5-9-12-31(7-3)24-33-15-17-36-37-18-16-34(25-32(8-4)13-10-6-2)27-40(37)47(39(36)26-33)28-35-30-49-46(38(35)29-47)45-22-21-44(51-45)43-20-19-42(50-43)41-14-11-23-48-41/h11,14-23,26-27,30-32H,5-10,12-13,24-25,28-29H2,1-4H3. The van der Waals surface area contributed by atoms with Crippen molar-refractivity contribution in [1.82, 2.24) is 0 Å². The lowest BCUT2D eigenvalue weighted by atomic mass is 9.74. The number of hydrogen-bond acceptors (Lipinski definition) is 4. The first-order valence-electron chi connectivity index (χ1n) is 19.6. The Morgan fingerprint density at radius 2 is 1.18 bits per heavy atom. The summed E-state index contributed by atoms with van der Waals surface area (Å²) in [6, 6.07) is 29.1. The highest BCUT2D eigenvalue weighted by molar-refractivity contribution is 7.28. The highest BCUT2D eigenvalue weighted by atomic mass is 32.1. The second-order valence-corrected chi connectivity index (χ2v) is 19.3. The van der Waals surface area contributed by atoms with Gasteiger partial charge in [-0.1, -0.05) is 122 Å². The Bertz CT molecular complexity index is 2010. The van der Waals surface area contributed by atoms with Crippen molar-refractivity contribution in [2.24, 2.45) is 11.8 Å². The van der Waals surface area contributed by atoms with Crippen molar-refractivity contribution < 1.29 is 0 Å². The molecule has 0 fully saturated rings. The second kappa shape index (κ2) is 15.3. The molecule has 1 spiro atoms. The van der Waals surface area contributed by atoms with Gasteiger partial charge in [0.1, 0.15) is 0 Å². The van der Waals surface area contributed by atoms with Crippen LogP contribution < -0.4 is 0 Å². The van der Waals surface area contributed by atoms with Gasteiger partial charge in [0, 0.05) is 34.7 Å². The van der Waals surface area contributed by atoms with Gasteiger partial charge < -0.3 is 0 Å². The molecule has 6 aromatic rings. The van der Waals surface area contributed by atoms with Gasteiger partial charge in [0.15, 0.2) is 0 Å². The number of rotatable bonds is 15. The number of hydrogen-bond donors (Lipinski definition) is 0. The van der Waals surface area contributed by atoms with Gasteiger partial charge in [-0.05, 0) is 123 Å². The van der Waals surface area contributed by atoms with E-state index in [4.69, 9.17) is 0 Å². The van der Waals surface area contributed by atoms with Crippen LogP contribution >= 0.6 is 45.3 Å². The third-order valence-electron chi connectivity index (χ3n) is 12.0. The van der Waals surface area contributed by atoms with Crippen LogP contribution in [0.5, 0.6) is 0 Å². The largest absolute Gasteiger partial charge is 0.143 e. The molecule has 0 nitrogen and oxygen atoms in total. The molecule has 2 aliphatic rings. The molecule has 0 saturated carbocycles. The molecule has 51 heavy (non-hydrogen) atoms. The van der Waals surface area contributed by atoms with Crippen molar-refractivity contribution in [3.05, 3.63) is 117 Å². The summed E-state index contributed by atoms with van der Waals surface area (Å²) in [6.45, 7) is 9.45. The van der Waals surface area contributed by atoms with Crippen LogP contribution in [0.15, 0.2) is 83.6 Å². The maximum Gasteiger partial charge on any atom is 0.0478 e. The third kappa shape index (κ3) is 6.80. The van der Waals surface area contributed by atoms with E-state index in [0.29, 0.717) is 0 Å². The molecule has 0 saturated heterocycles. The number of thiophene rings is 4. The van der Waals surface area contributed by atoms with Crippen LogP contribution in [-0.4, -0.2) is 0 Å². The molecule has 0 N–H and O–H groups in total. The summed E-state index contributed by atoms with van der Waals surface area (Å²) >= 11 is 7.72. The molecule has 4 heterocycles. The normalized spacial score (nSPS) is 17.2. The van der Waals surface area contributed by atoms with Crippen molar-refractivity contribution in [1.29, 1.82) is 0 Å². The summed E-state index contributed by atoms with van der Waals surface area (Å²) in [5, 5.41) is 4.69. The van der Waals surface area contributed by atoms with Crippen molar-refractivity contribution in [3.8, 4) is 40.4 Å². The Kier molecular flexibility index (Phi) is 10.6. The summed E-state index contributed by atoms with van der Waals surface area (Å²) < 4.78 is 0. The summed E-state index contributed by atoms with van der Waals surface area (Å²) in [5.74, 6) is 1.55. The molecule has 0 amide bonds. The van der Waals surface area contributed by atoms with Crippen LogP contribution in [0.1, 0.15) is 112 Å². The first-order valence-corrected chi connectivity index (χ1v) is 23.0. The Morgan fingerprint density at radius 1 is 0.608 bits per heavy atom. The zero-order valence-electron chi connectivity index (χ0n) is 30.9. The molecule has 4 aromatic heterocycles. The fraction of sp³-hybridized carbons (Fsp3) is 0.404. The minimum absolute atomic E-state index is 0.0315. The minimum Gasteiger partial charge on any atom is -0.143 e. The van der Waals surface area contributed by atoms with Crippen molar-refractivity contribution in [3.63, 3.8) is 0 Å². The van der Waals surface area contributed by atoms with E-state index in [2.05, 4.69) is 111 Å². The predicted octanol–water partition coefficient (Wildman–Crippen LogP) is 15.5. The fourth-order valence-corrected chi connectivity index (χ4v) is 13.2. The van der Waals surface area contributed by atoms with Gasteiger partial charge in [0.05, 0.1) is 0 Å². The van der Waals surface area contributed by atoms with E-state index in [0.717, 1.165) is 24.7 Å². The highest BCUT2D eigenvalue weighted by Crippen LogP contribution is 2.58. The fourth-order valence-electron chi connectivity index (χ4n) is 9.05. The maximum atomic E-state index is 2.67. The first kappa shape index (κ1) is 35.3. The Hall–Kier alpha value is -2.76. The van der Waals surface area contributed by atoms with Crippen LogP contribution in [0.3, 0.4) is 0 Å². The zero-order valence-corrected chi connectivity index (χ0v) is 34.1. The van der Waals surface area contributed by atoms with Gasteiger partial charge in [-0.3, -0.25) is 0 Å². The molecule has 4 heteroatoms. The van der Waals surface area contributed by atoms with Gasteiger partial charge >= 0.3 is 0 Å². The SMILES string of the molecule is CCCCC(CC)Cc1ccc2c(c1)C1(Cc3csc(-c4ccc(-c5ccc(-c6cccs6)s5)s4)c3C1)c1cc(CC(CC)CCCC)ccc1-2. The lowest BCUT2D eigenvalue weighted by Gasteiger charge is -2.28. The van der Waals surface area contributed by atoms with Gasteiger partial charge in [0.25, 0.3) is 0 Å². The lowest BCUT2D eigenvalue weighted by molar-refractivity contribution is 0.448. The van der Waals surface area contributed by atoms with E-state index in [1.165, 1.54) is 105 Å². The van der Waals surface area contributed by atoms with Gasteiger partial charge in [-0.15, -0.1) is 45.3 Å². The molecule has 2 aliphatic carbocycles. The first-order chi connectivity index (χ1) is 25.0. The van der Waals surface area contributed by atoms with Crippen molar-refractivity contribution in [2.45, 2.75) is 110 Å². The van der Waals surface area contributed by atoms with Crippen molar-refractivity contribution in [2.75, 3.05) is 0 Å². The molecular formula is C47H52S4. The molecular weight excluding hydrogens is 693 g/mol. The van der Waals surface area contributed by atoms with Gasteiger partial charge in [-0.25, -0.2) is 0 Å². The lowest BCUT2D eigenvalue weighted by Crippen LogP contribution is -2.26. The maximum absolute atomic E-state index is 2.67. The quantitative estimate of drug-likeness (QED) is 0.0982. The molecule has 8 rings (SSSR count). The summed E-state index contributed by atoms with van der Waals surface area (Å²) in [5.41, 5.74) is 12.5. The summed E-state index contributed by atoms with van der Waals surface area (Å²) in [6.07, 6.45) is 15.1. The van der Waals surface area contributed by atoms with E-state index in [1.807, 2.05) is 45.3 Å². The van der Waals surface area contributed by atoms with Crippen LogP contribution in [0.4, 0.5) is 0 Å². The van der Waals surface area contributed by atoms with Crippen LogP contribution in [0.2, 0.25) is 0 Å². The zero-order chi connectivity index (χ0) is 35.0. The number of unbranched alkanes of at least 4 members (excludes halogenated alkanes) is 2. The monoisotopic (exact) mass is 744 g/mol. The molecule has 0 aliphatic heterocycles.